The maximum atomic E-state index is 14.0. The van der Waals surface area contributed by atoms with Gasteiger partial charge in [0.15, 0.2) is 0 Å². The van der Waals surface area contributed by atoms with E-state index in [4.69, 9.17) is 4.74 Å². The molecule has 1 aromatic carbocycles. The molecule has 3 amide bonds. The second-order valence-corrected chi connectivity index (χ2v) is 14.8. The molecule has 2 aliphatic heterocycles. The number of carbonyl (C=O) groups excluding carboxylic acids is 4. The number of nitrogens with zero attached hydrogens (tertiary/aromatic N) is 3. The molecule has 2 heterocycles. The number of likely N-dealkylation sites (tertiary alicyclic amines) is 2. The Balaban J connectivity index is 1.45. The number of hydrogen-bond acceptors (Lipinski definition) is 6. The Bertz CT molecular complexity index is 1310. The zero-order chi connectivity index (χ0) is 34.4. The molecule has 0 radical (unpaired) electrons. The Labute approximate surface area is 282 Å². The van der Waals surface area contributed by atoms with E-state index >= 15 is 0 Å². The molecule has 4 rings (SSSR count). The first-order valence-corrected chi connectivity index (χ1v) is 17.9. The van der Waals surface area contributed by atoms with Crippen molar-refractivity contribution < 1.29 is 23.9 Å². The van der Waals surface area contributed by atoms with Crippen LogP contribution in [0.1, 0.15) is 111 Å². The number of fused-ring (bicyclic) bond motifs is 1. The van der Waals surface area contributed by atoms with Gasteiger partial charge in [0.25, 0.3) is 0 Å². The van der Waals surface area contributed by atoms with Gasteiger partial charge in [0.2, 0.25) is 17.7 Å². The molecular weight excluding hydrogens is 592 g/mol. The highest BCUT2D eigenvalue weighted by Gasteiger charge is 2.39. The molecule has 0 spiro atoms. The zero-order valence-corrected chi connectivity index (χ0v) is 30.0. The van der Waals surface area contributed by atoms with Gasteiger partial charge in [-0.1, -0.05) is 64.5 Å². The summed E-state index contributed by atoms with van der Waals surface area (Å²) in [5.41, 5.74) is 2.78. The molecule has 47 heavy (non-hydrogen) atoms. The van der Waals surface area contributed by atoms with Gasteiger partial charge in [0.1, 0.15) is 18.2 Å². The predicted octanol–water partition coefficient (Wildman–Crippen LogP) is 5.43. The van der Waals surface area contributed by atoms with Crippen LogP contribution in [-0.2, 0) is 30.3 Å². The Morgan fingerprint density at radius 2 is 1.60 bits per heavy atom. The number of hydrogen-bond donors (Lipinski definition) is 1. The average molecular weight is 651 g/mol. The Kier molecular flexibility index (Phi) is 12.7. The topological polar surface area (TPSA) is 99.3 Å². The van der Waals surface area contributed by atoms with Crippen molar-refractivity contribution >= 4 is 23.7 Å². The lowest BCUT2D eigenvalue weighted by molar-refractivity contribution is -0.158. The highest BCUT2D eigenvalue weighted by atomic mass is 16.5. The molecule has 0 bridgehead atoms. The summed E-state index contributed by atoms with van der Waals surface area (Å²) in [4.78, 5) is 60.4. The van der Waals surface area contributed by atoms with Crippen LogP contribution in [0.4, 0.5) is 0 Å². The van der Waals surface area contributed by atoms with Crippen LogP contribution in [0.2, 0.25) is 0 Å². The van der Waals surface area contributed by atoms with Crippen molar-refractivity contribution in [3.63, 3.8) is 0 Å². The fourth-order valence-corrected chi connectivity index (χ4v) is 7.59. The number of rotatable bonds is 11. The predicted molar refractivity (Wildman–Crippen MR) is 184 cm³/mol. The Morgan fingerprint density at radius 1 is 0.894 bits per heavy atom. The monoisotopic (exact) mass is 650 g/mol. The largest absolute Gasteiger partial charge is 0.456 e. The minimum atomic E-state index is -0.684. The lowest BCUT2D eigenvalue weighted by Crippen LogP contribution is -2.58. The van der Waals surface area contributed by atoms with Crippen LogP contribution < -0.4 is 5.32 Å². The van der Waals surface area contributed by atoms with Gasteiger partial charge in [0, 0.05) is 25.2 Å². The maximum Gasteiger partial charge on any atom is 0.329 e. The van der Waals surface area contributed by atoms with Crippen LogP contribution in [0.5, 0.6) is 0 Å². The number of amides is 3. The minimum Gasteiger partial charge on any atom is -0.456 e. The molecule has 2 unspecified atom stereocenters. The van der Waals surface area contributed by atoms with Crippen molar-refractivity contribution in [2.75, 3.05) is 20.1 Å². The first-order chi connectivity index (χ1) is 22.3. The van der Waals surface area contributed by atoms with E-state index in [1.807, 2.05) is 52.0 Å². The standard InChI is InChI=1S/C38H58N4O5/c1-24(2)32(40(8)37(45)34(25(3)4)39-35(43)30-18-11-12-21-41(30)26(5)6)23-27(7)36(44)42-22-14-19-31(42)38(46)47-33-20-13-16-28-15-9-10-17-29(28)33/h9-10,15,17,23-26,30-34H,11-14,16,18-22H2,1-8H3,(H,39,43)/b27-23+/t30-,31?,32-,33-,34?/m1/s1. The third-order valence-corrected chi connectivity index (χ3v) is 10.3. The first-order valence-electron chi connectivity index (χ1n) is 17.9. The van der Waals surface area contributed by atoms with Crippen molar-refractivity contribution in [2.24, 2.45) is 11.8 Å². The molecule has 5 atom stereocenters. The molecule has 1 aromatic rings. The van der Waals surface area contributed by atoms with Crippen molar-refractivity contribution in [1.82, 2.24) is 20.0 Å². The number of esters is 1. The minimum absolute atomic E-state index is 0.00991. The van der Waals surface area contributed by atoms with Crippen LogP contribution in [0.3, 0.4) is 0 Å². The zero-order valence-electron chi connectivity index (χ0n) is 30.0. The van der Waals surface area contributed by atoms with Gasteiger partial charge in [-0.05, 0) is 95.2 Å². The van der Waals surface area contributed by atoms with E-state index in [-0.39, 0.29) is 59.8 Å². The van der Waals surface area contributed by atoms with Gasteiger partial charge < -0.3 is 19.9 Å². The molecule has 0 aromatic heterocycles. The molecule has 9 nitrogen and oxygen atoms in total. The Hall–Kier alpha value is -3.20. The number of likely N-dealkylation sites (N-methyl/N-ethyl adjacent to an activating group) is 1. The molecular formula is C38H58N4O5. The molecule has 9 heteroatoms. The van der Waals surface area contributed by atoms with E-state index in [0.29, 0.717) is 18.5 Å². The maximum absolute atomic E-state index is 14.0. The highest BCUT2D eigenvalue weighted by molar-refractivity contribution is 5.96. The second kappa shape index (κ2) is 16.3. The number of nitrogens with one attached hydrogen (secondary N) is 1. The van der Waals surface area contributed by atoms with Crippen molar-refractivity contribution in [2.45, 2.75) is 136 Å². The van der Waals surface area contributed by atoms with E-state index in [1.54, 1.807) is 23.8 Å². The SMILES string of the molecule is C/C(=C\[C@H](C(C)C)N(C)C(=O)C(NC(=O)[C@H]1CCCCN1C(C)C)C(C)C)C(=O)N1CCCC1C(=O)O[C@@H]1CCCc2ccccc21. The van der Waals surface area contributed by atoms with E-state index in [1.165, 1.54) is 5.56 Å². The lowest BCUT2D eigenvalue weighted by atomic mass is 9.89. The first kappa shape index (κ1) is 36.6. The smallest absolute Gasteiger partial charge is 0.329 e. The molecule has 2 fully saturated rings. The molecule has 1 aliphatic carbocycles. The summed E-state index contributed by atoms with van der Waals surface area (Å²) in [7, 11) is 1.75. The number of carbonyl (C=O) groups is 4. The van der Waals surface area contributed by atoms with Crippen LogP contribution >= 0.6 is 0 Å². The Morgan fingerprint density at radius 3 is 2.28 bits per heavy atom. The third kappa shape index (κ3) is 8.64. The van der Waals surface area contributed by atoms with Gasteiger partial charge in [-0.25, -0.2) is 4.79 Å². The lowest BCUT2D eigenvalue weighted by Gasteiger charge is -2.39. The molecule has 0 saturated carbocycles. The fraction of sp³-hybridized carbons (Fsp3) is 0.684. The van der Waals surface area contributed by atoms with E-state index in [9.17, 15) is 19.2 Å². The van der Waals surface area contributed by atoms with Gasteiger partial charge in [0.05, 0.1) is 12.1 Å². The summed E-state index contributed by atoms with van der Waals surface area (Å²) in [6.07, 6.45) is 8.47. The highest BCUT2D eigenvalue weighted by Crippen LogP contribution is 2.34. The number of aryl methyl sites for hydroxylation is 1. The van der Waals surface area contributed by atoms with Crippen molar-refractivity contribution in [3.8, 4) is 0 Å². The fourth-order valence-electron chi connectivity index (χ4n) is 7.59. The molecule has 3 aliphatic rings. The van der Waals surface area contributed by atoms with E-state index in [2.05, 4.69) is 30.1 Å². The second-order valence-electron chi connectivity index (χ2n) is 14.8. The van der Waals surface area contributed by atoms with Gasteiger partial charge in [-0.3, -0.25) is 19.3 Å². The van der Waals surface area contributed by atoms with E-state index < -0.39 is 12.1 Å². The van der Waals surface area contributed by atoms with Crippen LogP contribution in [0, 0.1) is 11.8 Å². The average Bonchev–Trinajstić information content (AvgIpc) is 3.55. The number of piperidine rings is 1. The summed E-state index contributed by atoms with van der Waals surface area (Å²) < 4.78 is 6.05. The van der Waals surface area contributed by atoms with Crippen LogP contribution in [0.15, 0.2) is 35.9 Å². The quantitative estimate of drug-likeness (QED) is 0.253. The van der Waals surface area contributed by atoms with Gasteiger partial charge >= 0.3 is 5.97 Å². The normalized spacial score (nSPS) is 23.4. The molecule has 2 saturated heterocycles. The number of ether oxygens (including phenoxy) is 1. The number of benzene rings is 1. The van der Waals surface area contributed by atoms with Crippen LogP contribution in [-0.4, -0.2) is 88.7 Å². The summed E-state index contributed by atoms with van der Waals surface area (Å²) in [5.74, 6) is -0.925. The van der Waals surface area contributed by atoms with Crippen molar-refractivity contribution in [3.05, 3.63) is 47.0 Å². The summed E-state index contributed by atoms with van der Waals surface area (Å²) in [6.45, 7) is 15.3. The van der Waals surface area contributed by atoms with Gasteiger partial charge in [-0.15, -0.1) is 0 Å². The third-order valence-electron chi connectivity index (χ3n) is 10.3. The molecule has 260 valence electrons. The molecule has 1 N–H and O–H groups in total. The van der Waals surface area contributed by atoms with Gasteiger partial charge in [-0.2, -0.15) is 0 Å². The van der Waals surface area contributed by atoms with Crippen LogP contribution in [0.25, 0.3) is 0 Å². The summed E-state index contributed by atoms with van der Waals surface area (Å²) in [5, 5.41) is 3.11. The summed E-state index contributed by atoms with van der Waals surface area (Å²) >= 11 is 0. The van der Waals surface area contributed by atoms with E-state index in [0.717, 1.165) is 57.1 Å². The summed E-state index contributed by atoms with van der Waals surface area (Å²) in [6, 6.07) is 6.45. The van der Waals surface area contributed by atoms with Crippen molar-refractivity contribution in [1.29, 1.82) is 0 Å².